The van der Waals surface area contributed by atoms with E-state index in [4.69, 9.17) is 4.74 Å². The number of rotatable bonds is 4. The molecule has 3 heteroatoms. The van der Waals surface area contributed by atoms with Crippen molar-refractivity contribution in [3.05, 3.63) is 23.8 Å². The minimum atomic E-state index is 0.534. The highest BCUT2D eigenvalue weighted by Gasteiger charge is 2.25. The van der Waals surface area contributed by atoms with Crippen LogP contribution in [0.5, 0.6) is 5.75 Å². The van der Waals surface area contributed by atoms with Gasteiger partial charge in [0.2, 0.25) is 0 Å². The first-order chi connectivity index (χ1) is 9.51. The Bertz CT molecular complexity index is 445. The number of nitrogens with zero attached hydrogens (tertiary/aromatic N) is 1. The fraction of sp³-hybridized carbons (Fsp3) is 0.647. The highest BCUT2D eigenvalue weighted by atomic mass is 16.5. The van der Waals surface area contributed by atoms with Gasteiger partial charge >= 0.3 is 0 Å². The van der Waals surface area contributed by atoms with Crippen LogP contribution in [-0.4, -0.2) is 32.3 Å². The summed E-state index contributed by atoms with van der Waals surface area (Å²) < 4.78 is 5.36. The molecule has 1 saturated heterocycles. The van der Waals surface area contributed by atoms with E-state index in [9.17, 15) is 0 Å². The summed E-state index contributed by atoms with van der Waals surface area (Å²) in [5.41, 5.74) is 2.52. The molecule has 112 valence electrons. The van der Waals surface area contributed by atoms with Gasteiger partial charge in [0.15, 0.2) is 0 Å². The molecule has 1 aromatic rings. The quantitative estimate of drug-likeness (QED) is 0.914. The summed E-state index contributed by atoms with van der Waals surface area (Å²) in [5.74, 6) is 1.70. The maximum atomic E-state index is 5.36. The van der Waals surface area contributed by atoms with Gasteiger partial charge in [-0.15, -0.1) is 0 Å². The van der Waals surface area contributed by atoms with E-state index in [1.165, 1.54) is 17.7 Å². The van der Waals surface area contributed by atoms with E-state index in [2.05, 4.69) is 56.1 Å². The van der Waals surface area contributed by atoms with E-state index in [1.54, 1.807) is 7.11 Å². The molecule has 0 aromatic heterocycles. The molecule has 2 atom stereocenters. The molecule has 1 aromatic carbocycles. The summed E-state index contributed by atoms with van der Waals surface area (Å²) in [6.07, 6.45) is 1.23. The summed E-state index contributed by atoms with van der Waals surface area (Å²) >= 11 is 0. The molecule has 0 aliphatic carbocycles. The van der Waals surface area contributed by atoms with Crippen molar-refractivity contribution >= 4 is 5.69 Å². The van der Waals surface area contributed by atoms with Crippen LogP contribution in [0.4, 0.5) is 5.69 Å². The van der Waals surface area contributed by atoms with E-state index in [-0.39, 0.29) is 0 Å². The number of anilines is 1. The molecule has 3 nitrogen and oxygen atoms in total. The van der Waals surface area contributed by atoms with Crippen molar-refractivity contribution < 1.29 is 4.74 Å². The van der Waals surface area contributed by atoms with Crippen molar-refractivity contribution in [2.45, 2.75) is 46.2 Å². The van der Waals surface area contributed by atoms with Crippen LogP contribution in [0, 0.1) is 12.8 Å². The van der Waals surface area contributed by atoms with Crippen molar-refractivity contribution in [2.75, 3.05) is 25.1 Å². The zero-order valence-corrected chi connectivity index (χ0v) is 13.4. The highest BCUT2D eigenvalue weighted by Crippen LogP contribution is 2.27. The van der Waals surface area contributed by atoms with Gasteiger partial charge in [-0.1, -0.05) is 13.8 Å². The van der Waals surface area contributed by atoms with E-state index in [1.807, 2.05) is 0 Å². The van der Waals surface area contributed by atoms with Crippen molar-refractivity contribution in [1.29, 1.82) is 0 Å². The molecular weight excluding hydrogens is 248 g/mol. The van der Waals surface area contributed by atoms with Gasteiger partial charge in [0.25, 0.3) is 0 Å². The van der Waals surface area contributed by atoms with Crippen molar-refractivity contribution in [1.82, 2.24) is 5.32 Å². The molecule has 0 amide bonds. The number of hydrogen-bond acceptors (Lipinski definition) is 3. The van der Waals surface area contributed by atoms with Crippen LogP contribution in [0.1, 0.15) is 32.8 Å². The van der Waals surface area contributed by atoms with Crippen molar-refractivity contribution in [2.24, 2.45) is 5.92 Å². The van der Waals surface area contributed by atoms with Crippen LogP contribution >= 0.6 is 0 Å². The smallest absolute Gasteiger partial charge is 0.121 e. The Balaban J connectivity index is 2.14. The summed E-state index contributed by atoms with van der Waals surface area (Å²) in [6, 6.07) is 7.63. The van der Waals surface area contributed by atoms with Crippen LogP contribution in [0.25, 0.3) is 0 Å². The van der Waals surface area contributed by atoms with Crippen LogP contribution in [0.2, 0.25) is 0 Å². The fourth-order valence-electron chi connectivity index (χ4n) is 3.06. The topological polar surface area (TPSA) is 24.5 Å². The lowest BCUT2D eigenvalue weighted by Gasteiger charge is -2.41. The summed E-state index contributed by atoms with van der Waals surface area (Å²) in [4.78, 5) is 2.52. The largest absolute Gasteiger partial charge is 0.496 e. The number of aryl methyl sites for hydroxylation is 1. The minimum absolute atomic E-state index is 0.534. The third kappa shape index (κ3) is 3.45. The highest BCUT2D eigenvalue weighted by molar-refractivity contribution is 5.54. The first kappa shape index (κ1) is 15.2. The average molecular weight is 276 g/mol. The fourth-order valence-corrected chi connectivity index (χ4v) is 3.06. The molecular formula is C17H28N2O. The average Bonchev–Trinajstić information content (AvgIpc) is 2.40. The van der Waals surface area contributed by atoms with E-state index < -0.39 is 0 Å². The summed E-state index contributed by atoms with van der Waals surface area (Å²) in [6.45, 7) is 11.1. The Morgan fingerprint density at radius 2 is 2.15 bits per heavy atom. The lowest BCUT2D eigenvalue weighted by atomic mass is 9.99. The first-order valence-electron chi connectivity index (χ1n) is 7.66. The number of ether oxygens (including phenoxy) is 1. The molecule has 1 heterocycles. The molecule has 1 N–H and O–H groups in total. The van der Waals surface area contributed by atoms with Crippen LogP contribution in [0.3, 0.4) is 0 Å². The monoisotopic (exact) mass is 276 g/mol. The summed E-state index contributed by atoms with van der Waals surface area (Å²) in [7, 11) is 1.73. The van der Waals surface area contributed by atoms with Gasteiger partial charge in [-0.25, -0.2) is 0 Å². The standard InChI is InChI=1S/C17H28N2O/c1-12(2)8-15-11-19(14(4)10-18-15)16-6-7-17(20-5)13(3)9-16/h6-7,9,12,14-15,18H,8,10-11H2,1-5H3. The normalized spacial score (nSPS) is 23.2. The molecule has 0 radical (unpaired) electrons. The second-order valence-electron chi connectivity index (χ2n) is 6.39. The molecule has 20 heavy (non-hydrogen) atoms. The Morgan fingerprint density at radius 3 is 2.75 bits per heavy atom. The number of benzene rings is 1. The van der Waals surface area contributed by atoms with Gasteiger partial charge in [0.1, 0.15) is 5.75 Å². The third-order valence-corrected chi connectivity index (χ3v) is 4.12. The van der Waals surface area contributed by atoms with Gasteiger partial charge in [-0.3, -0.25) is 0 Å². The molecule has 2 unspecified atom stereocenters. The van der Waals surface area contributed by atoms with Crippen molar-refractivity contribution in [3.63, 3.8) is 0 Å². The van der Waals surface area contributed by atoms with E-state index >= 15 is 0 Å². The van der Waals surface area contributed by atoms with Gasteiger partial charge in [0, 0.05) is 30.9 Å². The maximum absolute atomic E-state index is 5.36. The minimum Gasteiger partial charge on any atom is -0.496 e. The van der Waals surface area contributed by atoms with Gasteiger partial charge in [-0.05, 0) is 49.9 Å². The Labute approximate surface area is 123 Å². The van der Waals surface area contributed by atoms with Crippen LogP contribution in [-0.2, 0) is 0 Å². The predicted molar refractivity (Wildman–Crippen MR) is 85.8 cm³/mol. The van der Waals surface area contributed by atoms with Crippen LogP contribution in [0.15, 0.2) is 18.2 Å². The SMILES string of the molecule is COc1ccc(N2CC(CC(C)C)NCC2C)cc1C. The third-order valence-electron chi connectivity index (χ3n) is 4.12. The first-order valence-corrected chi connectivity index (χ1v) is 7.66. The zero-order chi connectivity index (χ0) is 14.7. The van der Waals surface area contributed by atoms with Gasteiger partial charge in [-0.2, -0.15) is 0 Å². The molecule has 0 saturated carbocycles. The number of hydrogen-bond donors (Lipinski definition) is 1. The molecule has 1 aliphatic rings. The second kappa shape index (κ2) is 6.49. The lowest BCUT2D eigenvalue weighted by molar-refractivity contribution is 0.355. The van der Waals surface area contributed by atoms with Crippen LogP contribution < -0.4 is 15.0 Å². The molecule has 0 spiro atoms. The predicted octanol–water partition coefficient (Wildman–Crippen LogP) is 3.22. The maximum Gasteiger partial charge on any atom is 0.121 e. The summed E-state index contributed by atoms with van der Waals surface area (Å²) in [5, 5.41) is 3.67. The number of piperazine rings is 1. The van der Waals surface area contributed by atoms with E-state index in [0.717, 1.165) is 24.8 Å². The second-order valence-corrected chi connectivity index (χ2v) is 6.39. The van der Waals surface area contributed by atoms with Crippen molar-refractivity contribution in [3.8, 4) is 5.75 Å². The molecule has 1 aliphatic heterocycles. The Kier molecular flexibility index (Phi) is 4.92. The van der Waals surface area contributed by atoms with Gasteiger partial charge in [0.05, 0.1) is 7.11 Å². The molecule has 2 rings (SSSR count). The van der Waals surface area contributed by atoms with E-state index in [0.29, 0.717) is 12.1 Å². The lowest BCUT2D eigenvalue weighted by Crippen LogP contribution is -2.56. The number of methoxy groups -OCH3 is 1. The van der Waals surface area contributed by atoms with Gasteiger partial charge < -0.3 is 15.0 Å². The molecule has 1 fully saturated rings. The molecule has 0 bridgehead atoms. The Morgan fingerprint density at radius 1 is 1.40 bits per heavy atom. The Hall–Kier alpha value is -1.22. The zero-order valence-electron chi connectivity index (χ0n) is 13.4. The number of nitrogens with one attached hydrogen (secondary N) is 1.